The van der Waals surface area contributed by atoms with E-state index in [0.29, 0.717) is 6.04 Å². The lowest BCUT2D eigenvalue weighted by Gasteiger charge is -2.25. The van der Waals surface area contributed by atoms with Crippen molar-refractivity contribution in [3.05, 3.63) is 49.6 Å². The highest BCUT2D eigenvalue weighted by Gasteiger charge is 2.19. The van der Waals surface area contributed by atoms with Crippen LogP contribution in [0.5, 0.6) is 0 Å². The summed E-state index contributed by atoms with van der Waals surface area (Å²) < 4.78 is 1.83. The molecule has 1 aromatic heterocycles. The second-order valence-corrected chi connectivity index (χ2v) is 8.17. The van der Waals surface area contributed by atoms with Crippen LogP contribution in [-0.2, 0) is 6.54 Å². The zero-order valence-electron chi connectivity index (χ0n) is 10.2. The Kier molecular flexibility index (Phi) is 4.54. The summed E-state index contributed by atoms with van der Waals surface area (Å²) in [5.74, 6) is 1.18. The van der Waals surface area contributed by atoms with Crippen molar-refractivity contribution in [2.75, 3.05) is 5.75 Å². The number of halogens is 2. The maximum atomic E-state index is 6.07. The molecule has 0 spiro atoms. The average Bonchev–Trinajstić information content (AvgIpc) is 2.75. The van der Waals surface area contributed by atoms with Gasteiger partial charge < -0.3 is 5.32 Å². The van der Waals surface area contributed by atoms with Gasteiger partial charge in [-0.2, -0.15) is 0 Å². The van der Waals surface area contributed by atoms with Crippen LogP contribution in [0.15, 0.2) is 39.7 Å². The molecule has 1 N–H and O–H groups in total. The molecule has 5 heteroatoms. The summed E-state index contributed by atoms with van der Waals surface area (Å²) in [6.07, 6.45) is 1.18. The number of thiophene rings is 1. The molecular formula is C14H13BrClNS2. The quantitative estimate of drug-likeness (QED) is 0.762. The van der Waals surface area contributed by atoms with Gasteiger partial charge in [0.2, 0.25) is 0 Å². The number of hydrogen-bond donors (Lipinski definition) is 1. The Morgan fingerprint density at radius 3 is 3.00 bits per heavy atom. The van der Waals surface area contributed by atoms with Crippen LogP contribution in [0.3, 0.4) is 0 Å². The van der Waals surface area contributed by atoms with Gasteiger partial charge >= 0.3 is 0 Å². The van der Waals surface area contributed by atoms with Gasteiger partial charge in [0.25, 0.3) is 0 Å². The third-order valence-corrected chi connectivity index (χ3v) is 6.77. The van der Waals surface area contributed by atoms with E-state index in [-0.39, 0.29) is 0 Å². The summed E-state index contributed by atoms with van der Waals surface area (Å²) in [6.45, 7) is 0.875. The van der Waals surface area contributed by atoms with Gasteiger partial charge in [-0.25, -0.2) is 0 Å². The number of benzene rings is 1. The van der Waals surface area contributed by atoms with Gasteiger partial charge in [-0.3, -0.25) is 0 Å². The summed E-state index contributed by atoms with van der Waals surface area (Å²) in [4.78, 5) is 2.68. The molecule has 0 fully saturated rings. The van der Waals surface area contributed by atoms with E-state index in [9.17, 15) is 0 Å². The fraction of sp³-hybridized carbons (Fsp3) is 0.286. The number of fused-ring (bicyclic) bond motifs is 1. The number of thioether (sulfide) groups is 1. The van der Waals surface area contributed by atoms with Crippen molar-refractivity contribution >= 4 is 50.6 Å². The third-order valence-electron chi connectivity index (χ3n) is 3.18. The average molecular weight is 375 g/mol. The van der Waals surface area contributed by atoms with Gasteiger partial charge in [0.1, 0.15) is 4.34 Å². The van der Waals surface area contributed by atoms with Crippen LogP contribution >= 0.6 is 50.6 Å². The molecule has 2 aromatic rings. The Balaban J connectivity index is 1.71. The molecule has 1 unspecified atom stereocenters. The first-order valence-electron chi connectivity index (χ1n) is 6.13. The zero-order chi connectivity index (χ0) is 13.2. The second kappa shape index (κ2) is 6.19. The molecule has 0 saturated heterocycles. The predicted octanol–water partition coefficient (Wildman–Crippen LogP) is 5.49. The lowest BCUT2D eigenvalue weighted by atomic mass is 10.0. The predicted molar refractivity (Wildman–Crippen MR) is 88.4 cm³/mol. The summed E-state index contributed by atoms with van der Waals surface area (Å²) in [5, 5.41) is 3.65. The van der Waals surface area contributed by atoms with Crippen LogP contribution in [0, 0.1) is 0 Å². The van der Waals surface area contributed by atoms with Gasteiger partial charge in [0.05, 0.1) is 0 Å². The normalized spacial score (nSPS) is 18.3. The monoisotopic (exact) mass is 373 g/mol. The summed E-state index contributed by atoms with van der Waals surface area (Å²) >= 11 is 13.1. The maximum absolute atomic E-state index is 6.07. The first kappa shape index (κ1) is 14.0. The molecule has 1 aliphatic rings. The van der Waals surface area contributed by atoms with Crippen LogP contribution in [0.4, 0.5) is 0 Å². The molecule has 100 valence electrons. The Labute approximate surface area is 134 Å². The van der Waals surface area contributed by atoms with Crippen molar-refractivity contribution in [1.29, 1.82) is 0 Å². The Morgan fingerprint density at radius 2 is 2.21 bits per heavy atom. The molecule has 0 amide bonds. The molecule has 19 heavy (non-hydrogen) atoms. The lowest BCUT2D eigenvalue weighted by molar-refractivity contribution is 0.513. The van der Waals surface area contributed by atoms with E-state index in [2.05, 4.69) is 51.6 Å². The van der Waals surface area contributed by atoms with Crippen LogP contribution < -0.4 is 5.32 Å². The van der Waals surface area contributed by atoms with Crippen molar-refractivity contribution in [1.82, 2.24) is 5.32 Å². The SMILES string of the molecule is Clc1sc(CNC2CCSc3ccccc32)cc1Br. The maximum Gasteiger partial charge on any atom is 0.107 e. The standard InChI is InChI=1S/C14H13BrClNS2/c15-11-7-9(19-14(11)16)8-17-12-5-6-18-13-4-2-1-3-10(12)13/h1-4,7,12,17H,5-6,8H2. The summed E-state index contributed by atoms with van der Waals surface area (Å²) in [7, 11) is 0. The molecule has 1 aromatic carbocycles. The van der Waals surface area contributed by atoms with Gasteiger partial charge in [-0.05, 0) is 45.8 Å². The molecule has 0 radical (unpaired) electrons. The van der Waals surface area contributed by atoms with Crippen molar-refractivity contribution in [3.8, 4) is 0 Å². The molecular weight excluding hydrogens is 362 g/mol. The molecule has 0 aliphatic carbocycles. The van der Waals surface area contributed by atoms with Crippen molar-refractivity contribution in [2.24, 2.45) is 0 Å². The molecule has 1 aliphatic heterocycles. The van der Waals surface area contributed by atoms with E-state index in [0.717, 1.165) is 15.4 Å². The Bertz CT molecular complexity index is 565. The first-order valence-corrected chi connectivity index (χ1v) is 9.10. The van der Waals surface area contributed by atoms with E-state index >= 15 is 0 Å². The summed E-state index contributed by atoms with van der Waals surface area (Å²) in [6, 6.07) is 11.2. The third kappa shape index (κ3) is 3.19. The molecule has 2 heterocycles. The van der Waals surface area contributed by atoms with Crippen LogP contribution in [0.25, 0.3) is 0 Å². The number of nitrogens with one attached hydrogen (secondary N) is 1. The number of hydrogen-bond acceptors (Lipinski definition) is 3. The largest absolute Gasteiger partial charge is 0.305 e. The smallest absolute Gasteiger partial charge is 0.107 e. The van der Waals surface area contributed by atoms with Gasteiger partial charge in [0.15, 0.2) is 0 Å². The molecule has 3 rings (SSSR count). The van der Waals surface area contributed by atoms with E-state index in [1.165, 1.54) is 27.5 Å². The fourth-order valence-corrected chi connectivity index (χ4v) is 5.12. The zero-order valence-corrected chi connectivity index (χ0v) is 14.1. The van der Waals surface area contributed by atoms with E-state index in [1.54, 1.807) is 11.3 Å². The van der Waals surface area contributed by atoms with E-state index < -0.39 is 0 Å². The van der Waals surface area contributed by atoms with Crippen molar-refractivity contribution < 1.29 is 0 Å². The van der Waals surface area contributed by atoms with Crippen LogP contribution in [0.2, 0.25) is 4.34 Å². The van der Waals surface area contributed by atoms with Crippen LogP contribution in [0.1, 0.15) is 22.9 Å². The van der Waals surface area contributed by atoms with Gasteiger partial charge in [0, 0.05) is 26.8 Å². The van der Waals surface area contributed by atoms with Crippen molar-refractivity contribution in [3.63, 3.8) is 0 Å². The van der Waals surface area contributed by atoms with E-state index in [1.807, 2.05) is 11.8 Å². The summed E-state index contributed by atoms with van der Waals surface area (Å²) in [5.41, 5.74) is 1.43. The van der Waals surface area contributed by atoms with E-state index in [4.69, 9.17) is 11.6 Å². The first-order chi connectivity index (χ1) is 9.24. The minimum atomic E-state index is 0.456. The minimum absolute atomic E-state index is 0.456. The highest BCUT2D eigenvalue weighted by atomic mass is 79.9. The van der Waals surface area contributed by atoms with Gasteiger partial charge in [-0.15, -0.1) is 23.1 Å². The second-order valence-electron chi connectivity index (χ2n) is 4.44. The Morgan fingerprint density at radius 1 is 1.37 bits per heavy atom. The number of rotatable bonds is 3. The van der Waals surface area contributed by atoms with Crippen molar-refractivity contribution in [2.45, 2.75) is 23.9 Å². The van der Waals surface area contributed by atoms with Gasteiger partial charge in [-0.1, -0.05) is 29.8 Å². The molecule has 0 saturated carbocycles. The molecule has 1 nitrogen and oxygen atoms in total. The highest BCUT2D eigenvalue weighted by molar-refractivity contribution is 9.10. The van der Waals surface area contributed by atoms with Crippen LogP contribution in [-0.4, -0.2) is 5.75 Å². The lowest BCUT2D eigenvalue weighted by Crippen LogP contribution is -2.23. The minimum Gasteiger partial charge on any atom is -0.305 e. The highest BCUT2D eigenvalue weighted by Crippen LogP contribution is 2.37. The molecule has 0 bridgehead atoms. The fourth-order valence-electron chi connectivity index (χ4n) is 2.26. The molecule has 1 atom stereocenters. The Hall–Kier alpha value is -0.000000000000000111. The topological polar surface area (TPSA) is 12.0 Å².